The van der Waals surface area contributed by atoms with Crippen molar-refractivity contribution in [1.29, 1.82) is 0 Å². The molecule has 2 heterocycles. The molecule has 2 rings (SSSR count). The van der Waals surface area contributed by atoms with Crippen molar-refractivity contribution >= 4 is 26.0 Å². The van der Waals surface area contributed by atoms with Crippen LogP contribution in [0.3, 0.4) is 0 Å². The second-order valence-corrected chi connectivity index (χ2v) is 11.7. The molecule has 2 aromatic rings. The summed E-state index contributed by atoms with van der Waals surface area (Å²) in [6.07, 6.45) is 3.63. The van der Waals surface area contributed by atoms with Crippen LogP contribution in [0.2, 0.25) is 12.6 Å². The van der Waals surface area contributed by atoms with E-state index in [0.29, 0.717) is 19.0 Å². The van der Waals surface area contributed by atoms with Crippen molar-refractivity contribution in [1.82, 2.24) is 24.3 Å². The van der Waals surface area contributed by atoms with Crippen molar-refractivity contribution in [2.24, 2.45) is 0 Å². The lowest BCUT2D eigenvalue weighted by atomic mass is 10.4. The zero-order chi connectivity index (χ0) is 22.3. The first-order valence-corrected chi connectivity index (χ1v) is 12.1. The predicted molar refractivity (Wildman–Crippen MR) is 104 cm³/mol. The van der Waals surface area contributed by atoms with Crippen molar-refractivity contribution in [3.63, 3.8) is 0 Å². The summed E-state index contributed by atoms with van der Waals surface area (Å²) in [5, 5.41) is 14.3. The van der Waals surface area contributed by atoms with E-state index in [0.717, 1.165) is 11.0 Å². The highest BCUT2D eigenvalue weighted by Gasteiger charge is 2.30. The van der Waals surface area contributed by atoms with Crippen LogP contribution in [0.25, 0.3) is 5.82 Å². The average Bonchev–Trinajstić information content (AvgIpc) is 3.17. The fourth-order valence-electron chi connectivity index (χ4n) is 2.58. The number of aryl methyl sites for hydroxylation is 1. The van der Waals surface area contributed by atoms with E-state index in [1.807, 2.05) is 6.55 Å². The summed E-state index contributed by atoms with van der Waals surface area (Å²) < 4.78 is 12.7. The molecule has 0 fully saturated rings. The minimum Gasteiger partial charge on any atom is -0.469 e. The molecule has 0 amide bonds. The highest BCUT2D eigenvalue weighted by molar-refractivity contribution is 6.78. The van der Waals surface area contributed by atoms with Crippen LogP contribution in [-0.4, -0.2) is 61.7 Å². The Balaban J connectivity index is 2.02. The highest BCUT2D eigenvalue weighted by atomic mass is 28.3. The Labute approximate surface area is 171 Å². The molecule has 0 atom stereocenters. The van der Waals surface area contributed by atoms with Gasteiger partial charge in [0.15, 0.2) is 5.82 Å². The summed E-state index contributed by atoms with van der Waals surface area (Å²) in [6, 6.07) is 2.14. The van der Waals surface area contributed by atoms with Crippen LogP contribution in [0.15, 0.2) is 23.4 Å². The molecule has 0 spiro atoms. The standard InChI is InChI=1S/C16H22N6O7Si/c1-12(23)28-10-30(3,11-29-13(2)24)8-4-6-20-7-5-14(18-16(20)25)21-9-17-15(19-21)22(26)27/h5,7,9H,4,6,8,10-11H2,1-3H3. The van der Waals surface area contributed by atoms with Gasteiger partial charge >= 0.3 is 23.6 Å². The van der Waals surface area contributed by atoms with Crippen LogP contribution >= 0.6 is 0 Å². The molecular formula is C16H22N6O7Si. The third-order valence-corrected chi connectivity index (χ3v) is 7.41. The van der Waals surface area contributed by atoms with Crippen LogP contribution < -0.4 is 5.69 Å². The zero-order valence-corrected chi connectivity index (χ0v) is 17.8. The van der Waals surface area contributed by atoms with Gasteiger partial charge in [-0.2, -0.15) is 4.98 Å². The topological polar surface area (TPSA) is 161 Å². The summed E-state index contributed by atoms with van der Waals surface area (Å²) in [7, 11) is -2.23. The third-order valence-electron chi connectivity index (χ3n) is 4.16. The molecule has 2 aromatic heterocycles. The van der Waals surface area contributed by atoms with Gasteiger partial charge in [-0.25, -0.2) is 4.79 Å². The summed E-state index contributed by atoms with van der Waals surface area (Å²) in [4.78, 5) is 51.9. The van der Waals surface area contributed by atoms with E-state index in [1.165, 1.54) is 30.7 Å². The van der Waals surface area contributed by atoms with E-state index in [9.17, 15) is 24.5 Å². The molecule has 30 heavy (non-hydrogen) atoms. The first-order chi connectivity index (χ1) is 14.1. The molecule has 14 heteroatoms. The van der Waals surface area contributed by atoms with Gasteiger partial charge in [0.25, 0.3) is 0 Å². The lowest BCUT2D eigenvalue weighted by molar-refractivity contribution is -0.394. The third kappa shape index (κ3) is 6.58. The van der Waals surface area contributed by atoms with Gasteiger partial charge in [0.2, 0.25) is 6.33 Å². The van der Waals surface area contributed by atoms with Gasteiger partial charge < -0.3 is 19.6 Å². The first-order valence-electron chi connectivity index (χ1n) is 9.00. The largest absolute Gasteiger partial charge is 0.491 e. The molecule has 0 saturated carbocycles. The Kier molecular flexibility index (Phi) is 7.52. The number of nitro groups is 1. The van der Waals surface area contributed by atoms with Crippen molar-refractivity contribution in [3.8, 4) is 5.82 Å². The summed E-state index contributed by atoms with van der Waals surface area (Å²) in [6.45, 7) is 4.95. The van der Waals surface area contributed by atoms with Gasteiger partial charge in [-0.05, 0) is 17.4 Å². The molecule has 0 aromatic carbocycles. The summed E-state index contributed by atoms with van der Waals surface area (Å²) in [5.41, 5.74) is -0.547. The van der Waals surface area contributed by atoms with Gasteiger partial charge in [0.1, 0.15) is 8.07 Å². The Morgan fingerprint density at radius 3 is 2.37 bits per heavy atom. The molecule has 0 N–H and O–H groups in total. The number of hydrogen-bond acceptors (Lipinski definition) is 10. The molecule has 0 saturated heterocycles. The SMILES string of the molecule is CC(=O)OC[Si](C)(CCCn1ccc(-n2cnc([N+](=O)[O-])n2)nc1=O)COC(C)=O. The van der Waals surface area contributed by atoms with E-state index >= 15 is 0 Å². The molecule has 0 aliphatic heterocycles. The molecule has 162 valence electrons. The molecular weight excluding hydrogens is 416 g/mol. The fraction of sp³-hybridized carbons (Fsp3) is 0.500. The van der Waals surface area contributed by atoms with Gasteiger partial charge in [-0.3, -0.25) is 14.2 Å². The Morgan fingerprint density at radius 2 is 1.87 bits per heavy atom. The fourth-order valence-corrected chi connectivity index (χ4v) is 5.07. The molecule has 0 radical (unpaired) electrons. The molecule has 0 bridgehead atoms. The Hall–Kier alpha value is -3.42. The lowest BCUT2D eigenvalue weighted by Crippen LogP contribution is -2.44. The number of esters is 2. The van der Waals surface area contributed by atoms with Gasteiger partial charge in [0, 0.05) is 37.8 Å². The number of rotatable bonds is 10. The minimum atomic E-state index is -2.23. The number of nitrogens with zero attached hydrogens (tertiary/aromatic N) is 6. The number of carbonyl (C=O) groups excluding carboxylic acids is 2. The highest BCUT2D eigenvalue weighted by Crippen LogP contribution is 2.15. The normalized spacial score (nSPS) is 11.2. The second-order valence-electron chi connectivity index (χ2n) is 6.98. The first kappa shape index (κ1) is 22.9. The van der Waals surface area contributed by atoms with Crippen molar-refractivity contribution in [2.45, 2.75) is 39.4 Å². The zero-order valence-electron chi connectivity index (χ0n) is 16.8. The number of aromatic nitrogens is 5. The Morgan fingerprint density at radius 1 is 1.23 bits per heavy atom. The lowest BCUT2D eigenvalue weighted by Gasteiger charge is -2.25. The van der Waals surface area contributed by atoms with Crippen LogP contribution in [-0.2, 0) is 25.6 Å². The number of hydrogen-bond donors (Lipinski definition) is 0. The van der Waals surface area contributed by atoms with Gasteiger partial charge in [-0.15, -0.1) is 4.68 Å². The summed E-state index contributed by atoms with van der Waals surface area (Å²) >= 11 is 0. The predicted octanol–water partition coefficient (Wildman–Crippen LogP) is 0.405. The second kappa shape index (κ2) is 9.86. The van der Waals surface area contributed by atoms with Gasteiger partial charge in [-0.1, -0.05) is 11.5 Å². The summed E-state index contributed by atoms with van der Waals surface area (Å²) in [5.74, 6) is -1.28. The molecule has 0 aliphatic carbocycles. The van der Waals surface area contributed by atoms with Crippen LogP contribution in [0.4, 0.5) is 5.95 Å². The van der Waals surface area contributed by atoms with Crippen molar-refractivity contribution < 1.29 is 24.0 Å². The van der Waals surface area contributed by atoms with Gasteiger partial charge in [0.05, 0.1) is 12.5 Å². The maximum atomic E-state index is 12.3. The van der Waals surface area contributed by atoms with Crippen molar-refractivity contribution in [2.75, 3.05) is 12.5 Å². The maximum Gasteiger partial charge on any atom is 0.491 e. The quantitative estimate of drug-likeness (QED) is 0.220. The monoisotopic (exact) mass is 438 g/mol. The van der Waals surface area contributed by atoms with Crippen molar-refractivity contribution in [3.05, 3.63) is 39.2 Å². The van der Waals surface area contributed by atoms with Crippen LogP contribution in [0.5, 0.6) is 0 Å². The minimum absolute atomic E-state index is 0.112. The molecule has 0 unspecified atom stereocenters. The van der Waals surface area contributed by atoms with Crippen LogP contribution in [0.1, 0.15) is 20.3 Å². The Bertz CT molecular complexity index is 970. The molecule has 13 nitrogen and oxygen atoms in total. The smallest absolute Gasteiger partial charge is 0.469 e. The molecule has 0 aliphatic rings. The number of ether oxygens (including phenoxy) is 2. The number of carbonyl (C=O) groups is 2. The average molecular weight is 438 g/mol. The maximum absolute atomic E-state index is 12.3. The van der Waals surface area contributed by atoms with E-state index in [-0.39, 0.29) is 18.3 Å². The van der Waals surface area contributed by atoms with E-state index < -0.39 is 36.6 Å². The van der Waals surface area contributed by atoms with E-state index in [2.05, 4.69) is 15.1 Å². The van der Waals surface area contributed by atoms with E-state index in [4.69, 9.17) is 9.47 Å². The van der Waals surface area contributed by atoms with E-state index in [1.54, 1.807) is 0 Å². The van der Waals surface area contributed by atoms with Crippen LogP contribution in [0, 0.1) is 10.1 Å².